The van der Waals surface area contributed by atoms with Crippen LogP contribution in [0.3, 0.4) is 0 Å². The van der Waals surface area contributed by atoms with E-state index >= 15 is 0 Å². The maximum atomic E-state index is 13.1. The van der Waals surface area contributed by atoms with Gasteiger partial charge in [-0.15, -0.1) is 0 Å². The highest BCUT2D eigenvalue weighted by Crippen LogP contribution is 2.34. The molecular weight excluding hydrogens is 350 g/mol. The van der Waals surface area contributed by atoms with Crippen molar-refractivity contribution in [1.29, 1.82) is 0 Å². The number of nitrogens with zero attached hydrogens (tertiary/aromatic N) is 5. The topological polar surface area (TPSA) is 79.3 Å². The van der Waals surface area contributed by atoms with Gasteiger partial charge in [0, 0.05) is 55.9 Å². The van der Waals surface area contributed by atoms with Crippen molar-refractivity contribution in [3.8, 4) is 0 Å². The summed E-state index contributed by atoms with van der Waals surface area (Å²) in [5.41, 5.74) is 2.19. The molecule has 4 heterocycles. The van der Waals surface area contributed by atoms with Gasteiger partial charge in [-0.1, -0.05) is 6.42 Å². The van der Waals surface area contributed by atoms with Crippen molar-refractivity contribution in [2.24, 2.45) is 0 Å². The molecule has 1 unspecified atom stereocenters. The number of pyridine rings is 1. The molecule has 2 aromatic heterocycles. The number of aromatic nitrogens is 3. The molecule has 0 saturated carbocycles. The van der Waals surface area contributed by atoms with E-state index in [1.54, 1.807) is 22.6 Å². The largest absolute Gasteiger partial charge is 0.302 e. The summed E-state index contributed by atoms with van der Waals surface area (Å²) in [5, 5.41) is 0. The molecule has 26 heavy (non-hydrogen) atoms. The van der Waals surface area contributed by atoms with E-state index in [4.69, 9.17) is 4.98 Å². The van der Waals surface area contributed by atoms with E-state index in [-0.39, 0.29) is 10.9 Å². The molecule has 0 radical (unpaired) electrons. The van der Waals surface area contributed by atoms with Gasteiger partial charge in [0.2, 0.25) is 10.0 Å². The number of sulfonamides is 1. The van der Waals surface area contributed by atoms with Crippen molar-refractivity contribution < 1.29 is 8.42 Å². The minimum absolute atomic E-state index is 0.228. The van der Waals surface area contributed by atoms with Crippen LogP contribution in [0, 0.1) is 0 Å². The van der Waals surface area contributed by atoms with E-state index in [9.17, 15) is 8.42 Å². The predicted octanol–water partition coefficient (Wildman–Crippen LogP) is 1.78. The lowest BCUT2D eigenvalue weighted by atomic mass is 10.0. The third-order valence-electron chi connectivity index (χ3n) is 5.14. The molecule has 1 atom stereocenters. The summed E-state index contributed by atoms with van der Waals surface area (Å²) in [4.78, 5) is 15.8. The Morgan fingerprint density at radius 3 is 2.88 bits per heavy atom. The van der Waals surface area contributed by atoms with Crippen molar-refractivity contribution in [2.45, 2.75) is 43.2 Å². The lowest BCUT2D eigenvalue weighted by Gasteiger charge is -2.34. The van der Waals surface area contributed by atoms with Crippen LogP contribution in [0.4, 0.5) is 0 Å². The van der Waals surface area contributed by atoms with Crippen molar-refractivity contribution in [3.05, 3.63) is 47.8 Å². The van der Waals surface area contributed by atoms with Crippen molar-refractivity contribution in [2.75, 3.05) is 20.1 Å². The standard InChI is InChI=1S/C18H23N5O2S/c1-22-10-7-16-14(13-22)11-20-18(21-16)17-6-2-3-9-23(17)26(24,25)15-5-4-8-19-12-15/h4-5,8,11-12,17H,2-3,6-7,9-10,13H2,1H3. The van der Waals surface area contributed by atoms with Crippen LogP contribution in [0.5, 0.6) is 0 Å². The number of hydrogen-bond donors (Lipinski definition) is 0. The zero-order chi connectivity index (χ0) is 18.1. The predicted molar refractivity (Wildman–Crippen MR) is 96.8 cm³/mol. The first kappa shape index (κ1) is 17.5. The van der Waals surface area contributed by atoms with Gasteiger partial charge in [0.15, 0.2) is 0 Å². The van der Waals surface area contributed by atoms with Gasteiger partial charge >= 0.3 is 0 Å². The smallest absolute Gasteiger partial charge is 0.245 e. The van der Waals surface area contributed by atoms with E-state index in [0.717, 1.165) is 50.0 Å². The molecule has 0 aromatic carbocycles. The van der Waals surface area contributed by atoms with E-state index in [2.05, 4.69) is 21.9 Å². The van der Waals surface area contributed by atoms with E-state index in [0.29, 0.717) is 12.4 Å². The Balaban J connectivity index is 1.68. The second-order valence-electron chi connectivity index (χ2n) is 7.00. The van der Waals surface area contributed by atoms with Crippen molar-refractivity contribution >= 4 is 10.0 Å². The monoisotopic (exact) mass is 373 g/mol. The normalized spacial score (nSPS) is 22.1. The number of fused-ring (bicyclic) bond motifs is 1. The first-order valence-corrected chi connectivity index (χ1v) is 10.4. The molecule has 2 aliphatic rings. The molecule has 0 N–H and O–H groups in total. The van der Waals surface area contributed by atoms with Crippen LogP contribution >= 0.6 is 0 Å². The average molecular weight is 373 g/mol. The molecule has 0 amide bonds. The van der Waals surface area contributed by atoms with E-state index in [1.165, 1.54) is 6.20 Å². The van der Waals surface area contributed by atoms with Crippen molar-refractivity contribution in [1.82, 2.24) is 24.2 Å². The van der Waals surface area contributed by atoms with Gasteiger partial charge in [-0.25, -0.2) is 18.4 Å². The fourth-order valence-corrected chi connectivity index (χ4v) is 5.34. The minimum atomic E-state index is -3.61. The zero-order valence-electron chi connectivity index (χ0n) is 14.9. The quantitative estimate of drug-likeness (QED) is 0.816. The third-order valence-corrected chi connectivity index (χ3v) is 7.03. The first-order valence-electron chi connectivity index (χ1n) is 9.01. The van der Waals surface area contributed by atoms with Crippen molar-refractivity contribution in [3.63, 3.8) is 0 Å². The van der Waals surface area contributed by atoms with Gasteiger partial charge in [-0.05, 0) is 32.0 Å². The van der Waals surface area contributed by atoms with Crippen LogP contribution in [0.25, 0.3) is 0 Å². The molecular formula is C18H23N5O2S. The summed E-state index contributed by atoms with van der Waals surface area (Å²) in [6.45, 7) is 2.30. The van der Waals surface area contributed by atoms with Crippen LogP contribution < -0.4 is 0 Å². The van der Waals surface area contributed by atoms with E-state index in [1.807, 2.05) is 6.20 Å². The maximum absolute atomic E-state index is 13.1. The molecule has 1 fully saturated rings. The Bertz CT molecular complexity index is 888. The second kappa shape index (κ2) is 7.02. The SMILES string of the molecule is CN1CCc2nc(C3CCCCN3S(=O)(=O)c3cccnc3)ncc2C1. The summed E-state index contributed by atoms with van der Waals surface area (Å²) in [6, 6.07) is 2.94. The molecule has 0 bridgehead atoms. The molecule has 0 spiro atoms. The van der Waals surface area contributed by atoms with Gasteiger partial charge in [-0.3, -0.25) is 4.98 Å². The summed E-state index contributed by atoms with van der Waals surface area (Å²) in [6.07, 6.45) is 8.32. The number of hydrogen-bond acceptors (Lipinski definition) is 6. The van der Waals surface area contributed by atoms with Gasteiger partial charge in [0.25, 0.3) is 0 Å². The lowest BCUT2D eigenvalue weighted by Crippen LogP contribution is -2.39. The average Bonchev–Trinajstić information content (AvgIpc) is 2.68. The highest BCUT2D eigenvalue weighted by Gasteiger charge is 2.36. The van der Waals surface area contributed by atoms with Gasteiger partial charge in [-0.2, -0.15) is 4.31 Å². The van der Waals surface area contributed by atoms with Crippen LogP contribution in [-0.4, -0.2) is 52.7 Å². The summed E-state index contributed by atoms with van der Waals surface area (Å²) in [5.74, 6) is 0.625. The molecule has 7 nitrogen and oxygen atoms in total. The number of piperidine rings is 1. The Hall–Kier alpha value is -1.90. The van der Waals surface area contributed by atoms with E-state index < -0.39 is 10.0 Å². The van der Waals surface area contributed by atoms with Crippen LogP contribution in [0.15, 0.2) is 35.6 Å². The molecule has 0 aliphatic carbocycles. The fourth-order valence-electron chi connectivity index (χ4n) is 3.72. The van der Waals surface area contributed by atoms with Crippen LogP contribution in [0.1, 0.15) is 42.4 Å². The molecule has 4 rings (SSSR count). The Kier molecular flexibility index (Phi) is 4.73. The summed E-state index contributed by atoms with van der Waals surface area (Å²) >= 11 is 0. The summed E-state index contributed by atoms with van der Waals surface area (Å²) in [7, 11) is -1.52. The van der Waals surface area contributed by atoms with Crippen LogP contribution in [-0.2, 0) is 23.0 Å². The molecule has 2 aromatic rings. The molecule has 1 saturated heterocycles. The number of likely N-dealkylation sites (N-methyl/N-ethyl adjacent to an activating group) is 1. The molecule has 8 heteroatoms. The highest BCUT2D eigenvalue weighted by molar-refractivity contribution is 7.89. The van der Waals surface area contributed by atoms with Gasteiger partial charge < -0.3 is 4.90 Å². The first-order chi connectivity index (χ1) is 12.6. The Labute approximate surface area is 154 Å². The maximum Gasteiger partial charge on any atom is 0.245 e. The lowest BCUT2D eigenvalue weighted by molar-refractivity contribution is 0.244. The summed E-state index contributed by atoms with van der Waals surface area (Å²) < 4.78 is 27.8. The molecule has 138 valence electrons. The highest BCUT2D eigenvalue weighted by atomic mass is 32.2. The molecule has 2 aliphatic heterocycles. The van der Waals surface area contributed by atoms with Gasteiger partial charge in [0.1, 0.15) is 10.7 Å². The minimum Gasteiger partial charge on any atom is -0.302 e. The van der Waals surface area contributed by atoms with Crippen LogP contribution in [0.2, 0.25) is 0 Å². The Morgan fingerprint density at radius 2 is 2.08 bits per heavy atom. The van der Waals surface area contributed by atoms with Gasteiger partial charge in [0.05, 0.1) is 6.04 Å². The fraction of sp³-hybridized carbons (Fsp3) is 0.500. The third kappa shape index (κ3) is 3.24. The number of rotatable bonds is 3. The zero-order valence-corrected chi connectivity index (χ0v) is 15.7. The Morgan fingerprint density at radius 1 is 1.19 bits per heavy atom. The second-order valence-corrected chi connectivity index (χ2v) is 8.89.